The lowest BCUT2D eigenvalue weighted by Crippen LogP contribution is -2.35. The normalized spacial score (nSPS) is 15.5. The van der Waals surface area contributed by atoms with Crippen LogP contribution in [-0.4, -0.2) is 30.6 Å². The molecule has 0 amide bonds. The van der Waals surface area contributed by atoms with Crippen molar-refractivity contribution in [1.82, 2.24) is 4.90 Å². The van der Waals surface area contributed by atoms with Crippen LogP contribution in [0, 0.1) is 16.7 Å². The van der Waals surface area contributed by atoms with Crippen LogP contribution < -0.4 is 0 Å². The van der Waals surface area contributed by atoms with Crippen molar-refractivity contribution in [2.24, 2.45) is 5.41 Å². The van der Waals surface area contributed by atoms with E-state index in [2.05, 4.69) is 23.1 Å². The quantitative estimate of drug-likeness (QED) is 0.690. The molecule has 0 spiro atoms. The van der Waals surface area contributed by atoms with Crippen LogP contribution >= 0.6 is 0 Å². The van der Waals surface area contributed by atoms with E-state index in [9.17, 15) is 4.79 Å². The third-order valence-electron chi connectivity index (χ3n) is 3.88. The van der Waals surface area contributed by atoms with Gasteiger partial charge in [0.25, 0.3) is 0 Å². The van der Waals surface area contributed by atoms with Gasteiger partial charge in [-0.05, 0) is 30.7 Å². The highest BCUT2D eigenvalue weighted by molar-refractivity contribution is 5.71. The molecule has 0 saturated heterocycles. The summed E-state index contributed by atoms with van der Waals surface area (Å²) in [7, 11) is 0. The Morgan fingerprint density at radius 2 is 2.10 bits per heavy atom. The van der Waals surface area contributed by atoms with Crippen molar-refractivity contribution < 1.29 is 9.53 Å². The van der Waals surface area contributed by atoms with Gasteiger partial charge >= 0.3 is 5.97 Å². The highest BCUT2D eigenvalue weighted by Gasteiger charge is 2.43. The summed E-state index contributed by atoms with van der Waals surface area (Å²) >= 11 is 0. The molecule has 1 aliphatic carbocycles. The van der Waals surface area contributed by atoms with Gasteiger partial charge in [0.2, 0.25) is 0 Å². The molecule has 4 nitrogen and oxygen atoms in total. The van der Waals surface area contributed by atoms with E-state index in [-0.39, 0.29) is 17.9 Å². The van der Waals surface area contributed by atoms with Crippen LogP contribution in [0.4, 0.5) is 0 Å². The summed E-state index contributed by atoms with van der Waals surface area (Å²) in [5, 5.41) is 8.95. The third-order valence-corrected chi connectivity index (χ3v) is 3.88. The van der Waals surface area contributed by atoms with Gasteiger partial charge in [0.1, 0.15) is 0 Å². The first-order valence-electron chi connectivity index (χ1n) is 7.46. The minimum absolute atomic E-state index is 0.0933. The maximum absolute atomic E-state index is 11.8. The number of carbonyl (C=O) groups excluding carboxylic acids is 1. The van der Waals surface area contributed by atoms with Gasteiger partial charge in [-0.3, -0.25) is 9.69 Å². The highest BCUT2D eigenvalue weighted by atomic mass is 16.5. The molecule has 21 heavy (non-hydrogen) atoms. The predicted octanol–water partition coefficient (Wildman–Crippen LogP) is 2.75. The summed E-state index contributed by atoms with van der Waals surface area (Å²) in [6.45, 7) is 4.01. The monoisotopic (exact) mass is 286 g/mol. The van der Waals surface area contributed by atoms with Gasteiger partial charge in [-0.15, -0.1) is 0 Å². The smallest absolute Gasteiger partial charge is 0.320 e. The molecule has 0 bridgehead atoms. The van der Waals surface area contributed by atoms with E-state index in [1.807, 2.05) is 25.1 Å². The van der Waals surface area contributed by atoms with Crippen molar-refractivity contribution in [3.63, 3.8) is 0 Å². The number of rotatable bonds is 8. The minimum atomic E-state index is -0.193. The average molecular weight is 286 g/mol. The Bertz CT molecular complexity index is 503. The van der Waals surface area contributed by atoms with Gasteiger partial charge in [-0.25, -0.2) is 0 Å². The van der Waals surface area contributed by atoms with Gasteiger partial charge in [-0.1, -0.05) is 30.3 Å². The van der Waals surface area contributed by atoms with Crippen LogP contribution in [-0.2, 0) is 16.1 Å². The fourth-order valence-electron chi connectivity index (χ4n) is 2.61. The summed E-state index contributed by atoms with van der Waals surface area (Å²) in [6.07, 6.45) is 2.73. The number of ether oxygens (including phenoxy) is 1. The van der Waals surface area contributed by atoms with E-state index in [0.717, 1.165) is 19.4 Å². The summed E-state index contributed by atoms with van der Waals surface area (Å²) in [5.74, 6) is -0.193. The molecule has 0 aromatic heterocycles. The zero-order valence-electron chi connectivity index (χ0n) is 12.5. The second kappa shape index (κ2) is 7.24. The predicted molar refractivity (Wildman–Crippen MR) is 80.2 cm³/mol. The first kappa shape index (κ1) is 15.5. The van der Waals surface area contributed by atoms with Gasteiger partial charge in [0.15, 0.2) is 0 Å². The fourth-order valence-corrected chi connectivity index (χ4v) is 2.61. The topological polar surface area (TPSA) is 53.3 Å². The molecule has 4 heteroatoms. The fraction of sp³-hybridized carbons (Fsp3) is 0.529. The molecular formula is C17H22N2O2. The zero-order chi connectivity index (χ0) is 15.1. The molecule has 0 atom stereocenters. The van der Waals surface area contributed by atoms with Crippen molar-refractivity contribution in [3.8, 4) is 6.07 Å². The van der Waals surface area contributed by atoms with Crippen LogP contribution in [0.5, 0.6) is 0 Å². The van der Waals surface area contributed by atoms with Gasteiger partial charge in [0, 0.05) is 19.5 Å². The Morgan fingerprint density at radius 1 is 1.38 bits per heavy atom. The molecule has 1 aromatic carbocycles. The van der Waals surface area contributed by atoms with E-state index < -0.39 is 0 Å². The van der Waals surface area contributed by atoms with E-state index in [0.29, 0.717) is 19.6 Å². The Hall–Kier alpha value is -1.86. The van der Waals surface area contributed by atoms with Gasteiger partial charge in [-0.2, -0.15) is 5.26 Å². The molecule has 1 fully saturated rings. The van der Waals surface area contributed by atoms with Crippen molar-refractivity contribution in [1.29, 1.82) is 5.26 Å². The molecule has 1 aromatic rings. The molecule has 0 N–H and O–H groups in total. The molecule has 0 aliphatic heterocycles. The Labute approximate surface area is 126 Å². The molecule has 112 valence electrons. The van der Waals surface area contributed by atoms with Crippen molar-refractivity contribution in [2.75, 3.05) is 19.7 Å². The van der Waals surface area contributed by atoms with Gasteiger partial charge < -0.3 is 4.74 Å². The van der Waals surface area contributed by atoms with E-state index in [4.69, 9.17) is 10.00 Å². The Kier molecular flexibility index (Phi) is 5.35. The molecule has 0 unspecified atom stereocenters. The molecule has 2 rings (SSSR count). The maximum Gasteiger partial charge on any atom is 0.320 e. The van der Waals surface area contributed by atoms with Crippen molar-refractivity contribution >= 4 is 5.97 Å². The molecule has 1 saturated carbocycles. The lowest BCUT2D eigenvalue weighted by atomic mass is 10.0. The summed E-state index contributed by atoms with van der Waals surface area (Å²) < 4.78 is 5.06. The standard InChI is InChI=1S/C17H22N2O2/c1-2-21-16(20)13-19(12-15-6-4-3-5-7-15)14-17(8-9-17)10-11-18/h3-7H,2,8-10,12-14H2,1H3. The Morgan fingerprint density at radius 3 is 2.67 bits per heavy atom. The number of hydrogen-bond acceptors (Lipinski definition) is 4. The van der Waals surface area contributed by atoms with Crippen LogP contribution in [0.15, 0.2) is 30.3 Å². The molecule has 0 heterocycles. The second-order valence-corrected chi connectivity index (χ2v) is 5.77. The highest BCUT2D eigenvalue weighted by Crippen LogP contribution is 2.49. The van der Waals surface area contributed by atoms with Gasteiger partial charge in [0.05, 0.1) is 19.2 Å². The average Bonchev–Trinajstić information content (AvgIpc) is 3.20. The number of esters is 1. The first-order chi connectivity index (χ1) is 10.2. The zero-order valence-corrected chi connectivity index (χ0v) is 12.5. The summed E-state index contributed by atoms with van der Waals surface area (Å²) in [6, 6.07) is 12.4. The van der Waals surface area contributed by atoms with Crippen LogP contribution in [0.25, 0.3) is 0 Å². The minimum Gasteiger partial charge on any atom is -0.465 e. The third kappa shape index (κ3) is 4.87. The number of carbonyl (C=O) groups is 1. The second-order valence-electron chi connectivity index (χ2n) is 5.77. The number of hydrogen-bond donors (Lipinski definition) is 0. The van der Waals surface area contributed by atoms with E-state index >= 15 is 0 Å². The van der Waals surface area contributed by atoms with Crippen molar-refractivity contribution in [3.05, 3.63) is 35.9 Å². The first-order valence-corrected chi connectivity index (χ1v) is 7.46. The lowest BCUT2D eigenvalue weighted by Gasteiger charge is -2.25. The SMILES string of the molecule is CCOC(=O)CN(Cc1ccccc1)CC1(CC#N)CC1. The Balaban J connectivity index is 2.00. The van der Waals surface area contributed by atoms with E-state index in [1.165, 1.54) is 5.56 Å². The lowest BCUT2D eigenvalue weighted by molar-refractivity contribution is -0.144. The van der Waals surface area contributed by atoms with Crippen molar-refractivity contribution in [2.45, 2.75) is 32.7 Å². The number of nitrogens with zero attached hydrogens (tertiary/aromatic N) is 2. The van der Waals surface area contributed by atoms with Crippen LogP contribution in [0.2, 0.25) is 0 Å². The number of nitriles is 1. The molecular weight excluding hydrogens is 264 g/mol. The number of benzene rings is 1. The van der Waals surface area contributed by atoms with E-state index in [1.54, 1.807) is 0 Å². The van der Waals surface area contributed by atoms with Crippen LogP contribution in [0.1, 0.15) is 31.7 Å². The maximum atomic E-state index is 11.8. The summed E-state index contributed by atoms with van der Waals surface area (Å²) in [4.78, 5) is 13.9. The molecule has 0 radical (unpaired) electrons. The molecule has 1 aliphatic rings. The summed E-state index contributed by atoms with van der Waals surface area (Å²) in [5.41, 5.74) is 1.27. The van der Waals surface area contributed by atoms with Crippen LogP contribution in [0.3, 0.4) is 0 Å². The largest absolute Gasteiger partial charge is 0.465 e.